The first kappa shape index (κ1) is 4.12. The summed E-state index contributed by atoms with van der Waals surface area (Å²) < 4.78 is 0. The number of hydrogen-bond donors (Lipinski definition) is 1. The van der Waals surface area contributed by atoms with Gasteiger partial charge in [-0.05, 0) is 12.1 Å². The largest absolute Gasteiger partial charge is 0.384 e. The first-order valence-corrected chi connectivity index (χ1v) is 2.06. The van der Waals surface area contributed by atoms with E-state index in [9.17, 15) is 0 Å². The molecular formula is C5H6N2. The van der Waals surface area contributed by atoms with Gasteiger partial charge in [0.15, 0.2) is 0 Å². The van der Waals surface area contributed by atoms with E-state index >= 15 is 0 Å². The molecule has 2 heteroatoms. The third kappa shape index (κ3) is 0.892. The molecule has 36 valence electrons. The van der Waals surface area contributed by atoms with Crippen LogP contribution in [0.4, 0.5) is 5.82 Å². The summed E-state index contributed by atoms with van der Waals surface area (Å²) in [6.07, 6.45) is 1.66. The van der Waals surface area contributed by atoms with Crippen molar-refractivity contribution >= 4 is 5.82 Å². The van der Waals surface area contributed by atoms with Gasteiger partial charge in [-0.15, -0.1) is 0 Å². The molecule has 0 spiro atoms. The average molecular weight is 96.1 g/mol. The van der Waals surface area contributed by atoms with Crippen LogP contribution in [0.5, 0.6) is 0 Å². The highest BCUT2D eigenvalue weighted by molar-refractivity contribution is 5.25. The molecular weight excluding hydrogens is 90.1 g/mol. The first-order valence-electron chi connectivity index (χ1n) is 2.06. The number of nitrogens with two attached hydrogens (primary N) is 1. The molecule has 0 radical (unpaired) electrons. The monoisotopic (exact) mass is 96.1 g/mol. The lowest BCUT2D eigenvalue weighted by Crippen LogP contribution is -1.85. The van der Waals surface area contributed by atoms with Crippen LogP contribution in [0, 0.1) is 0 Å². The molecule has 1 aromatic rings. The SMILES string of the molecule is N[14c]1ccccn1. The standard InChI is InChI=1S/C5H6N2/c6-5-3-1-2-4-7-5/h1-4H,(H2,6,7)/i5+2. The van der Waals surface area contributed by atoms with Crippen LogP contribution in [0.15, 0.2) is 24.4 Å². The van der Waals surface area contributed by atoms with Gasteiger partial charge in [0.05, 0.1) is 0 Å². The van der Waals surface area contributed by atoms with E-state index in [1.807, 2.05) is 12.1 Å². The fraction of sp³-hybridized carbons (Fsp3) is 0. The normalized spacial score (nSPS) is 8.57. The molecule has 7 heavy (non-hydrogen) atoms. The van der Waals surface area contributed by atoms with E-state index in [0.29, 0.717) is 5.82 Å². The molecule has 0 aromatic carbocycles. The molecule has 0 aliphatic rings. The van der Waals surface area contributed by atoms with Crippen molar-refractivity contribution in [3.8, 4) is 0 Å². The summed E-state index contributed by atoms with van der Waals surface area (Å²) in [7, 11) is 0. The van der Waals surface area contributed by atoms with Gasteiger partial charge in [-0.25, -0.2) is 4.98 Å². The molecule has 1 rings (SSSR count). The molecule has 1 aromatic heterocycles. The Balaban J connectivity index is 3.02. The molecule has 0 fully saturated rings. The maximum Gasteiger partial charge on any atom is 0.123 e. The van der Waals surface area contributed by atoms with Gasteiger partial charge < -0.3 is 5.73 Å². The summed E-state index contributed by atoms with van der Waals surface area (Å²) in [5.74, 6) is 0.572. The van der Waals surface area contributed by atoms with E-state index in [-0.39, 0.29) is 0 Å². The van der Waals surface area contributed by atoms with Crippen molar-refractivity contribution in [1.82, 2.24) is 4.98 Å². The summed E-state index contributed by atoms with van der Waals surface area (Å²) in [5, 5.41) is 0. The second-order valence-electron chi connectivity index (χ2n) is 1.25. The average Bonchev–Trinajstić information content (AvgIpc) is 1.69. The van der Waals surface area contributed by atoms with Crippen LogP contribution in [0.1, 0.15) is 0 Å². The fourth-order valence-corrected chi connectivity index (χ4v) is 0.376. The minimum atomic E-state index is 0.572. The lowest BCUT2D eigenvalue weighted by atomic mass is 10.6. The number of rotatable bonds is 0. The van der Waals surface area contributed by atoms with Gasteiger partial charge in [0.2, 0.25) is 0 Å². The van der Waals surface area contributed by atoms with Gasteiger partial charge in [0.1, 0.15) is 5.82 Å². The number of aromatic nitrogens is 1. The van der Waals surface area contributed by atoms with Crippen molar-refractivity contribution < 1.29 is 0 Å². The zero-order chi connectivity index (χ0) is 5.11. The van der Waals surface area contributed by atoms with Crippen molar-refractivity contribution in [3.05, 3.63) is 24.4 Å². The predicted octanol–water partition coefficient (Wildman–Crippen LogP) is 0.664. The molecule has 2 N–H and O–H groups in total. The first-order chi connectivity index (χ1) is 3.39. The van der Waals surface area contributed by atoms with Crippen LogP contribution in [0.2, 0.25) is 0 Å². The highest BCUT2D eigenvalue weighted by Gasteiger charge is 1.73. The zero-order valence-electron chi connectivity index (χ0n) is 3.83. The number of pyridine rings is 1. The Kier molecular flexibility index (Phi) is 0.941. The van der Waals surface area contributed by atoms with E-state index in [2.05, 4.69) is 4.98 Å². The second kappa shape index (κ2) is 1.60. The van der Waals surface area contributed by atoms with Gasteiger partial charge in [-0.3, -0.25) is 0 Å². The number of anilines is 1. The Labute approximate surface area is 42.0 Å². The highest BCUT2D eigenvalue weighted by Crippen LogP contribution is 1.89. The number of nitrogens with zero attached hydrogens (tertiary/aromatic N) is 1. The maximum atomic E-state index is 5.25. The lowest BCUT2D eigenvalue weighted by Gasteiger charge is -1.82. The van der Waals surface area contributed by atoms with Crippen molar-refractivity contribution in [1.29, 1.82) is 0 Å². The molecule has 0 aliphatic carbocycles. The van der Waals surface area contributed by atoms with E-state index in [0.717, 1.165) is 0 Å². The summed E-state index contributed by atoms with van der Waals surface area (Å²) in [6.45, 7) is 0. The smallest absolute Gasteiger partial charge is 0.123 e. The highest BCUT2D eigenvalue weighted by atomic mass is 15.4. The summed E-state index contributed by atoms with van der Waals surface area (Å²) in [6, 6.07) is 5.43. The Bertz CT molecular complexity index is 136. The van der Waals surface area contributed by atoms with Gasteiger partial charge in [0, 0.05) is 6.20 Å². The van der Waals surface area contributed by atoms with E-state index in [1.54, 1.807) is 12.3 Å². The van der Waals surface area contributed by atoms with Gasteiger partial charge in [0.25, 0.3) is 0 Å². The summed E-state index contributed by atoms with van der Waals surface area (Å²) >= 11 is 0. The second-order valence-corrected chi connectivity index (χ2v) is 1.25. The van der Waals surface area contributed by atoms with Crippen LogP contribution in [-0.4, -0.2) is 4.98 Å². The van der Waals surface area contributed by atoms with Crippen molar-refractivity contribution in [2.24, 2.45) is 0 Å². The number of nitrogen functional groups attached to an aromatic ring is 1. The van der Waals surface area contributed by atoms with E-state index in [4.69, 9.17) is 5.73 Å². The fourth-order valence-electron chi connectivity index (χ4n) is 0.376. The molecule has 0 unspecified atom stereocenters. The van der Waals surface area contributed by atoms with E-state index in [1.165, 1.54) is 0 Å². The Morgan fingerprint density at radius 1 is 1.43 bits per heavy atom. The van der Waals surface area contributed by atoms with Gasteiger partial charge in [-0.1, -0.05) is 6.07 Å². The van der Waals surface area contributed by atoms with Crippen LogP contribution < -0.4 is 5.73 Å². The Morgan fingerprint density at radius 2 is 2.29 bits per heavy atom. The molecule has 0 bridgehead atoms. The summed E-state index contributed by atoms with van der Waals surface area (Å²) in [4.78, 5) is 3.76. The predicted molar refractivity (Wildman–Crippen MR) is 28.6 cm³/mol. The minimum absolute atomic E-state index is 0.572. The maximum absolute atomic E-state index is 5.25. The minimum Gasteiger partial charge on any atom is -0.384 e. The van der Waals surface area contributed by atoms with Crippen molar-refractivity contribution in [2.75, 3.05) is 5.73 Å². The summed E-state index contributed by atoms with van der Waals surface area (Å²) in [5.41, 5.74) is 5.25. The zero-order valence-corrected chi connectivity index (χ0v) is 3.83. The van der Waals surface area contributed by atoms with Gasteiger partial charge >= 0.3 is 0 Å². The topological polar surface area (TPSA) is 38.9 Å². The third-order valence-electron chi connectivity index (χ3n) is 0.688. The third-order valence-corrected chi connectivity index (χ3v) is 0.688. The molecule has 1 heterocycles. The Morgan fingerprint density at radius 3 is 2.57 bits per heavy atom. The Hall–Kier alpha value is -1.05. The van der Waals surface area contributed by atoms with Gasteiger partial charge in [-0.2, -0.15) is 0 Å². The molecule has 0 saturated carbocycles. The van der Waals surface area contributed by atoms with E-state index < -0.39 is 0 Å². The quantitative estimate of drug-likeness (QED) is 0.515. The van der Waals surface area contributed by atoms with Crippen LogP contribution in [0.25, 0.3) is 0 Å². The van der Waals surface area contributed by atoms with Crippen LogP contribution in [0.3, 0.4) is 0 Å². The molecule has 0 atom stereocenters. The molecule has 2 nitrogen and oxygen atoms in total. The molecule has 0 aliphatic heterocycles. The number of hydrogen-bond acceptors (Lipinski definition) is 2. The van der Waals surface area contributed by atoms with Crippen molar-refractivity contribution in [3.63, 3.8) is 0 Å². The molecule has 0 saturated heterocycles. The lowest BCUT2D eigenvalue weighted by molar-refractivity contribution is 1.34. The van der Waals surface area contributed by atoms with Crippen LogP contribution in [-0.2, 0) is 0 Å². The molecule has 0 amide bonds. The van der Waals surface area contributed by atoms with Crippen molar-refractivity contribution in [2.45, 2.75) is 0 Å². The van der Waals surface area contributed by atoms with Crippen LogP contribution >= 0.6 is 0 Å².